The first kappa shape index (κ1) is 20.0. The van der Waals surface area contributed by atoms with Crippen LogP contribution in [0, 0.1) is 27.7 Å². The van der Waals surface area contributed by atoms with E-state index in [2.05, 4.69) is 82.3 Å². The van der Waals surface area contributed by atoms with Gasteiger partial charge in [-0.15, -0.1) is 23.2 Å². The molecule has 0 atom stereocenters. The van der Waals surface area contributed by atoms with Crippen molar-refractivity contribution in [1.29, 1.82) is 0 Å². The molecular formula is C24H25BCl2. The van der Waals surface area contributed by atoms with Gasteiger partial charge in [0.2, 0.25) is 6.71 Å². The lowest BCUT2D eigenvalue weighted by molar-refractivity contribution is 1.31. The Bertz CT molecular complexity index is 889. The topological polar surface area (TPSA) is 0 Å². The molecule has 0 amide bonds. The smallest absolute Gasteiger partial charge is 0.122 e. The third-order valence-electron chi connectivity index (χ3n) is 5.23. The van der Waals surface area contributed by atoms with E-state index in [0.717, 1.165) is 0 Å². The lowest BCUT2D eigenvalue weighted by Crippen LogP contribution is -2.56. The van der Waals surface area contributed by atoms with Gasteiger partial charge in [-0.05, 0) is 38.8 Å². The van der Waals surface area contributed by atoms with Gasteiger partial charge in [-0.3, -0.25) is 0 Å². The Morgan fingerprint density at radius 2 is 1.11 bits per heavy atom. The summed E-state index contributed by atoms with van der Waals surface area (Å²) >= 11 is 12.8. The number of hydrogen-bond acceptors (Lipinski definition) is 0. The SMILES string of the molecule is Cc1cc(C)c(B(c2ccccc2)c2c(C)cc(C)cc2CCl)c(CCl)c1. The van der Waals surface area contributed by atoms with E-state index in [0.29, 0.717) is 11.8 Å². The Morgan fingerprint density at radius 1 is 0.667 bits per heavy atom. The van der Waals surface area contributed by atoms with Crippen LogP contribution in [0.4, 0.5) is 0 Å². The lowest BCUT2D eigenvalue weighted by atomic mass is 9.34. The summed E-state index contributed by atoms with van der Waals surface area (Å²) in [5.41, 5.74) is 11.3. The minimum Gasteiger partial charge on any atom is -0.122 e. The van der Waals surface area contributed by atoms with Crippen LogP contribution in [-0.4, -0.2) is 6.71 Å². The molecular weight excluding hydrogens is 370 g/mol. The molecule has 3 aromatic carbocycles. The van der Waals surface area contributed by atoms with Crippen molar-refractivity contribution in [3.8, 4) is 0 Å². The molecule has 3 heteroatoms. The molecule has 0 spiro atoms. The molecule has 0 aliphatic rings. The second-order valence-corrected chi connectivity index (χ2v) is 7.95. The summed E-state index contributed by atoms with van der Waals surface area (Å²) in [6.07, 6.45) is 0. The van der Waals surface area contributed by atoms with Gasteiger partial charge in [-0.1, -0.05) is 93.2 Å². The standard InChI is InChI=1S/C24H25BCl2/c1-16-10-18(3)23(20(12-16)14-26)25(22-8-6-5-7-9-22)24-19(4)11-17(2)13-21(24)15-27/h5-13H,14-15H2,1-4H3. The highest BCUT2D eigenvalue weighted by molar-refractivity contribution is 6.96. The maximum absolute atomic E-state index is 6.41. The second-order valence-electron chi connectivity index (χ2n) is 7.42. The Kier molecular flexibility index (Phi) is 6.35. The van der Waals surface area contributed by atoms with E-state index in [4.69, 9.17) is 23.2 Å². The highest BCUT2D eigenvalue weighted by atomic mass is 35.5. The summed E-state index contributed by atoms with van der Waals surface area (Å²) in [4.78, 5) is 0. The summed E-state index contributed by atoms with van der Waals surface area (Å²) in [6.45, 7) is 8.77. The number of aryl methyl sites for hydroxylation is 4. The summed E-state index contributed by atoms with van der Waals surface area (Å²) in [6, 6.07) is 19.6. The number of rotatable bonds is 5. The quantitative estimate of drug-likeness (QED) is 0.425. The summed E-state index contributed by atoms with van der Waals surface area (Å²) in [7, 11) is 0. The van der Waals surface area contributed by atoms with Crippen molar-refractivity contribution >= 4 is 46.3 Å². The summed E-state index contributed by atoms with van der Waals surface area (Å²) in [5, 5.41) is 0. The van der Waals surface area contributed by atoms with Gasteiger partial charge >= 0.3 is 0 Å². The maximum atomic E-state index is 6.41. The number of benzene rings is 3. The van der Waals surface area contributed by atoms with E-state index >= 15 is 0 Å². The molecule has 0 bridgehead atoms. The average molecular weight is 395 g/mol. The van der Waals surface area contributed by atoms with Crippen molar-refractivity contribution in [2.75, 3.05) is 0 Å². The molecule has 0 unspecified atom stereocenters. The minimum atomic E-state index is 0.120. The van der Waals surface area contributed by atoms with Crippen LogP contribution in [0.3, 0.4) is 0 Å². The Balaban J connectivity index is 2.38. The van der Waals surface area contributed by atoms with Crippen molar-refractivity contribution in [1.82, 2.24) is 0 Å². The normalized spacial score (nSPS) is 10.9. The fraction of sp³-hybridized carbons (Fsp3) is 0.250. The highest BCUT2D eigenvalue weighted by Crippen LogP contribution is 2.16. The van der Waals surface area contributed by atoms with Gasteiger partial charge < -0.3 is 0 Å². The number of halogens is 2. The molecule has 0 N–H and O–H groups in total. The number of alkyl halides is 2. The minimum absolute atomic E-state index is 0.120. The first-order chi connectivity index (χ1) is 13.0. The van der Waals surface area contributed by atoms with E-state index in [1.807, 2.05) is 0 Å². The molecule has 0 fully saturated rings. The first-order valence-corrected chi connectivity index (χ1v) is 10.4. The Hall–Kier alpha value is -1.70. The van der Waals surface area contributed by atoms with E-state index in [-0.39, 0.29) is 6.71 Å². The Morgan fingerprint density at radius 3 is 1.52 bits per heavy atom. The van der Waals surface area contributed by atoms with Gasteiger partial charge in [0.15, 0.2) is 0 Å². The van der Waals surface area contributed by atoms with Crippen molar-refractivity contribution in [3.63, 3.8) is 0 Å². The third kappa shape index (κ3) is 4.10. The molecule has 0 aliphatic carbocycles. The van der Waals surface area contributed by atoms with Gasteiger partial charge in [0, 0.05) is 11.8 Å². The monoisotopic (exact) mass is 394 g/mol. The van der Waals surface area contributed by atoms with Crippen LogP contribution in [0.5, 0.6) is 0 Å². The zero-order chi connectivity index (χ0) is 19.6. The fourth-order valence-electron chi connectivity index (χ4n) is 4.30. The van der Waals surface area contributed by atoms with Crippen LogP contribution < -0.4 is 16.4 Å². The average Bonchev–Trinajstić information content (AvgIpc) is 2.64. The zero-order valence-electron chi connectivity index (χ0n) is 16.4. The predicted octanol–water partition coefficient (Wildman–Crippen LogP) is 4.91. The van der Waals surface area contributed by atoms with Crippen molar-refractivity contribution in [2.24, 2.45) is 0 Å². The van der Waals surface area contributed by atoms with E-state index in [1.54, 1.807) is 0 Å². The van der Waals surface area contributed by atoms with Crippen LogP contribution in [0.15, 0.2) is 54.6 Å². The molecule has 27 heavy (non-hydrogen) atoms. The van der Waals surface area contributed by atoms with Crippen LogP contribution in [0.2, 0.25) is 0 Å². The molecule has 0 aliphatic heterocycles. The summed E-state index contributed by atoms with van der Waals surface area (Å²) < 4.78 is 0. The molecule has 0 radical (unpaired) electrons. The van der Waals surface area contributed by atoms with Crippen LogP contribution >= 0.6 is 23.2 Å². The molecule has 0 nitrogen and oxygen atoms in total. The van der Waals surface area contributed by atoms with Crippen LogP contribution in [-0.2, 0) is 11.8 Å². The third-order valence-corrected chi connectivity index (χ3v) is 5.81. The van der Waals surface area contributed by atoms with E-state index in [1.165, 1.54) is 49.8 Å². The largest absolute Gasteiger partial charge is 0.242 e. The first-order valence-electron chi connectivity index (χ1n) is 9.33. The van der Waals surface area contributed by atoms with Gasteiger partial charge in [-0.2, -0.15) is 0 Å². The highest BCUT2D eigenvalue weighted by Gasteiger charge is 2.29. The molecule has 138 valence electrons. The van der Waals surface area contributed by atoms with Gasteiger partial charge in [0.1, 0.15) is 0 Å². The van der Waals surface area contributed by atoms with Gasteiger partial charge in [0.05, 0.1) is 0 Å². The van der Waals surface area contributed by atoms with Crippen molar-refractivity contribution < 1.29 is 0 Å². The lowest BCUT2D eigenvalue weighted by Gasteiger charge is -2.25. The van der Waals surface area contributed by atoms with Crippen molar-refractivity contribution in [3.05, 3.63) is 88.0 Å². The fourth-order valence-corrected chi connectivity index (χ4v) is 4.75. The van der Waals surface area contributed by atoms with E-state index in [9.17, 15) is 0 Å². The molecule has 0 saturated carbocycles. The van der Waals surface area contributed by atoms with Crippen LogP contribution in [0.1, 0.15) is 33.4 Å². The number of hydrogen-bond donors (Lipinski definition) is 0. The molecule has 3 rings (SSSR count). The second kappa shape index (κ2) is 8.54. The molecule has 0 aromatic heterocycles. The van der Waals surface area contributed by atoms with E-state index < -0.39 is 0 Å². The predicted molar refractivity (Wildman–Crippen MR) is 122 cm³/mol. The van der Waals surface area contributed by atoms with Crippen LogP contribution in [0.25, 0.3) is 0 Å². The van der Waals surface area contributed by atoms with Gasteiger partial charge in [-0.25, -0.2) is 0 Å². The maximum Gasteiger partial charge on any atom is 0.242 e. The molecule has 0 saturated heterocycles. The summed E-state index contributed by atoms with van der Waals surface area (Å²) in [5.74, 6) is 1.00. The van der Waals surface area contributed by atoms with Gasteiger partial charge in [0.25, 0.3) is 0 Å². The van der Waals surface area contributed by atoms with Crippen molar-refractivity contribution in [2.45, 2.75) is 39.5 Å². The molecule has 3 aromatic rings. The molecule has 0 heterocycles. The Labute approximate surface area is 173 Å². The zero-order valence-corrected chi connectivity index (χ0v) is 18.0.